The summed E-state index contributed by atoms with van der Waals surface area (Å²) in [4.78, 5) is 11.9. The minimum Gasteiger partial charge on any atom is -0.463 e. The van der Waals surface area contributed by atoms with Gasteiger partial charge in [-0.3, -0.25) is 0 Å². The van der Waals surface area contributed by atoms with Gasteiger partial charge < -0.3 is 14.2 Å². The van der Waals surface area contributed by atoms with E-state index >= 15 is 0 Å². The van der Waals surface area contributed by atoms with Crippen molar-refractivity contribution in [3.05, 3.63) is 11.6 Å². The summed E-state index contributed by atoms with van der Waals surface area (Å²) in [6.07, 6.45) is 4.53. The number of halogens is 1. The standard InChI is InChI=1S/C14H23IO4/c1-4-17-13(16)11(7-5-6-8-15)9-12-10-18-14(2,3)19-12/h9,12H,4-8,10H2,1-3H3/b11-9+/t12-/m0/s1. The number of hydrogen-bond donors (Lipinski definition) is 0. The van der Waals surface area contributed by atoms with Crippen molar-refractivity contribution in [2.45, 2.75) is 51.9 Å². The molecule has 1 rings (SSSR count). The van der Waals surface area contributed by atoms with E-state index in [1.165, 1.54) is 0 Å². The predicted molar refractivity (Wildman–Crippen MR) is 82.4 cm³/mol. The minimum absolute atomic E-state index is 0.158. The Kier molecular flexibility index (Phi) is 7.31. The van der Waals surface area contributed by atoms with Crippen LogP contribution in [0.15, 0.2) is 11.6 Å². The van der Waals surface area contributed by atoms with Gasteiger partial charge in [0.2, 0.25) is 0 Å². The highest BCUT2D eigenvalue weighted by Gasteiger charge is 2.32. The smallest absolute Gasteiger partial charge is 0.333 e. The summed E-state index contributed by atoms with van der Waals surface area (Å²) in [5.41, 5.74) is 0.706. The Hall–Kier alpha value is -0.140. The predicted octanol–water partition coefficient (Wildman–Crippen LogP) is 3.23. The highest BCUT2D eigenvalue weighted by molar-refractivity contribution is 14.1. The van der Waals surface area contributed by atoms with Crippen LogP contribution in [0.1, 0.15) is 40.0 Å². The molecule has 0 radical (unpaired) electrons. The van der Waals surface area contributed by atoms with Crippen LogP contribution in [-0.2, 0) is 19.0 Å². The van der Waals surface area contributed by atoms with Gasteiger partial charge in [-0.05, 0) is 50.5 Å². The molecule has 19 heavy (non-hydrogen) atoms. The van der Waals surface area contributed by atoms with Crippen molar-refractivity contribution in [2.75, 3.05) is 17.6 Å². The number of carbonyl (C=O) groups is 1. The first-order chi connectivity index (χ1) is 8.98. The molecule has 110 valence electrons. The molecular weight excluding hydrogens is 359 g/mol. The summed E-state index contributed by atoms with van der Waals surface area (Å²) >= 11 is 2.34. The fraction of sp³-hybridized carbons (Fsp3) is 0.786. The Morgan fingerprint density at radius 1 is 1.47 bits per heavy atom. The van der Waals surface area contributed by atoms with Gasteiger partial charge in [-0.2, -0.15) is 0 Å². The Morgan fingerprint density at radius 3 is 2.74 bits per heavy atom. The van der Waals surface area contributed by atoms with Gasteiger partial charge in [0, 0.05) is 5.57 Å². The minimum atomic E-state index is -0.566. The zero-order chi connectivity index (χ0) is 14.3. The fourth-order valence-electron chi connectivity index (χ4n) is 1.91. The number of hydrogen-bond acceptors (Lipinski definition) is 4. The lowest BCUT2D eigenvalue weighted by Crippen LogP contribution is -2.21. The summed E-state index contributed by atoms with van der Waals surface area (Å²) in [5, 5.41) is 0. The molecule has 5 heteroatoms. The van der Waals surface area contributed by atoms with Crippen molar-refractivity contribution in [1.29, 1.82) is 0 Å². The van der Waals surface area contributed by atoms with Crippen LogP contribution >= 0.6 is 22.6 Å². The van der Waals surface area contributed by atoms with Crippen LogP contribution in [0, 0.1) is 0 Å². The second-order valence-corrected chi connectivity index (χ2v) is 6.00. The molecule has 1 atom stereocenters. The summed E-state index contributed by atoms with van der Waals surface area (Å²) in [6, 6.07) is 0. The zero-order valence-corrected chi connectivity index (χ0v) is 14.1. The quantitative estimate of drug-likeness (QED) is 0.223. The third-order valence-corrected chi connectivity index (χ3v) is 3.55. The number of alkyl halides is 1. The van der Waals surface area contributed by atoms with Gasteiger partial charge in [-0.15, -0.1) is 0 Å². The Balaban J connectivity index is 2.63. The molecule has 0 aromatic rings. The third-order valence-electron chi connectivity index (χ3n) is 2.78. The van der Waals surface area contributed by atoms with Crippen LogP contribution in [0.25, 0.3) is 0 Å². The van der Waals surface area contributed by atoms with Gasteiger partial charge in [0.25, 0.3) is 0 Å². The van der Waals surface area contributed by atoms with Crippen molar-refractivity contribution in [1.82, 2.24) is 0 Å². The van der Waals surface area contributed by atoms with Crippen LogP contribution in [0.4, 0.5) is 0 Å². The van der Waals surface area contributed by atoms with E-state index in [1.54, 1.807) is 0 Å². The van der Waals surface area contributed by atoms with Crippen LogP contribution < -0.4 is 0 Å². The normalized spacial score (nSPS) is 22.5. The maximum Gasteiger partial charge on any atom is 0.333 e. The van der Waals surface area contributed by atoms with E-state index in [1.807, 2.05) is 26.8 Å². The molecule has 1 heterocycles. The van der Waals surface area contributed by atoms with Crippen LogP contribution in [0.2, 0.25) is 0 Å². The van der Waals surface area contributed by atoms with Gasteiger partial charge in [-0.1, -0.05) is 22.6 Å². The molecule has 1 fully saturated rings. The molecule has 0 unspecified atom stereocenters. The summed E-state index contributed by atoms with van der Waals surface area (Å²) in [7, 11) is 0. The summed E-state index contributed by atoms with van der Waals surface area (Å²) in [6.45, 7) is 6.46. The Morgan fingerprint density at radius 2 is 2.21 bits per heavy atom. The van der Waals surface area contributed by atoms with Gasteiger partial charge in [0.1, 0.15) is 6.10 Å². The van der Waals surface area contributed by atoms with E-state index in [-0.39, 0.29) is 12.1 Å². The Bertz CT molecular complexity index is 325. The van der Waals surface area contributed by atoms with Crippen LogP contribution in [0.3, 0.4) is 0 Å². The lowest BCUT2D eigenvalue weighted by atomic mass is 10.1. The molecule has 0 spiro atoms. The Labute approximate surface area is 129 Å². The first-order valence-corrected chi connectivity index (χ1v) is 8.26. The molecule has 1 saturated heterocycles. The van der Waals surface area contributed by atoms with Gasteiger partial charge in [0.05, 0.1) is 13.2 Å². The van der Waals surface area contributed by atoms with Crippen molar-refractivity contribution < 1.29 is 19.0 Å². The number of esters is 1. The maximum absolute atomic E-state index is 11.9. The van der Waals surface area contributed by atoms with E-state index < -0.39 is 5.79 Å². The summed E-state index contributed by atoms with van der Waals surface area (Å²) in [5.74, 6) is -0.798. The number of carbonyl (C=O) groups excluding carboxylic acids is 1. The average Bonchev–Trinajstić information content (AvgIpc) is 2.68. The maximum atomic E-state index is 11.9. The van der Waals surface area contributed by atoms with Crippen molar-refractivity contribution in [3.8, 4) is 0 Å². The summed E-state index contributed by atoms with van der Waals surface area (Å²) < 4.78 is 17.4. The van der Waals surface area contributed by atoms with Crippen molar-refractivity contribution in [2.24, 2.45) is 0 Å². The first kappa shape index (κ1) is 16.9. The highest BCUT2D eigenvalue weighted by Crippen LogP contribution is 2.24. The second kappa shape index (κ2) is 8.21. The number of rotatable bonds is 7. The van der Waals surface area contributed by atoms with Crippen LogP contribution in [-0.4, -0.2) is 35.5 Å². The molecule has 4 nitrogen and oxygen atoms in total. The molecule has 0 bridgehead atoms. The molecule has 0 aromatic carbocycles. The van der Waals surface area contributed by atoms with Gasteiger partial charge >= 0.3 is 5.97 Å². The third kappa shape index (κ3) is 6.23. The lowest BCUT2D eigenvalue weighted by Gasteiger charge is -2.16. The van der Waals surface area contributed by atoms with E-state index in [0.717, 1.165) is 23.7 Å². The molecule has 0 amide bonds. The zero-order valence-electron chi connectivity index (χ0n) is 11.9. The molecule has 0 aromatic heterocycles. The fourth-order valence-corrected chi connectivity index (χ4v) is 2.45. The molecule has 0 saturated carbocycles. The van der Waals surface area contributed by atoms with Crippen molar-refractivity contribution in [3.63, 3.8) is 0 Å². The average molecular weight is 382 g/mol. The first-order valence-electron chi connectivity index (χ1n) is 6.74. The second-order valence-electron chi connectivity index (χ2n) is 4.93. The van der Waals surface area contributed by atoms with Crippen molar-refractivity contribution >= 4 is 28.6 Å². The molecule has 1 aliphatic rings. The monoisotopic (exact) mass is 382 g/mol. The van der Waals surface area contributed by atoms with Gasteiger partial charge in [-0.25, -0.2) is 4.79 Å². The lowest BCUT2D eigenvalue weighted by molar-refractivity contribution is -0.139. The van der Waals surface area contributed by atoms with Crippen LogP contribution in [0.5, 0.6) is 0 Å². The van der Waals surface area contributed by atoms with Gasteiger partial charge in [0.15, 0.2) is 5.79 Å². The van der Waals surface area contributed by atoms with E-state index in [4.69, 9.17) is 14.2 Å². The molecular formula is C14H23IO4. The topological polar surface area (TPSA) is 44.8 Å². The number of unbranched alkanes of at least 4 members (excludes halogenated alkanes) is 1. The highest BCUT2D eigenvalue weighted by atomic mass is 127. The van der Waals surface area contributed by atoms with E-state index in [2.05, 4.69) is 22.6 Å². The number of ether oxygens (including phenoxy) is 3. The SMILES string of the molecule is CCOC(=O)/C(=C/[C@H]1COC(C)(C)O1)CCCCI. The van der Waals surface area contributed by atoms with E-state index in [0.29, 0.717) is 18.8 Å². The largest absolute Gasteiger partial charge is 0.463 e. The molecule has 0 N–H and O–H groups in total. The molecule has 1 aliphatic heterocycles. The van der Waals surface area contributed by atoms with E-state index in [9.17, 15) is 4.79 Å². The molecule has 0 aliphatic carbocycles.